The fourth-order valence-corrected chi connectivity index (χ4v) is 5.27. The molecule has 2 fully saturated rings. The average Bonchev–Trinajstić information content (AvgIpc) is 3.56. The maximum atomic E-state index is 14.6. The summed E-state index contributed by atoms with van der Waals surface area (Å²) in [5, 5.41) is 5.72. The van der Waals surface area contributed by atoms with E-state index in [1.807, 2.05) is 10.3 Å². The van der Waals surface area contributed by atoms with Crippen LogP contribution in [-0.2, 0) is 14.4 Å². The molecule has 1 aromatic carbocycles. The third-order valence-electron chi connectivity index (χ3n) is 6.38. The summed E-state index contributed by atoms with van der Waals surface area (Å²) in [5.74, 6) is -0.461. The first-order valence-corrected chi connectivity index (χ1v) is 12.0. The highest BCUT2D eigenvalue weighted by atomic mass is 32.1. The van der Waals surface area contributed by atoms with Crippen LogP contribution < -0.4 is 10.8 Å². The number of ether oxygens (including phenoxy) is 1. The molecule has 0 amide bonds. The van der Waals surface area contributed by atoms with Crippen LogP contribution in [0.2, 0.25) is 0 Å². The molecule has 4 heterocycles. The van der Waals surface area contributed by atoms with Crippen molar-refractivity contribution in [1.29, 1.82) is 0 Å². The first-order chi connectivity index (χ1) is 16.5. The quantitative estimate of drug-likeness (QED) is 0.603. The number of hydroxylamine groups is 1. The van der Waals surface area contributed by atoms with Crippen molar-refractivity contribution in [2.75, 3.05) is 26.3 Å². The van der Waals surface area contributed by atoms with Crippen LogP contribution >= 0.6 is 11.3 Å². The molecule has 34 heavy (non-hydrogen) atoms. The Labute approximate surface area is 199 Å². The summed E-state index contributed by atoms with van der Waals surface area (Å²) in [5.41, 5.74) is 4.52. The van der Waals surface area contributed by atoms with Crippen LogP contribution in [0.15, 0.2) is 46.0 Å². The number of hydrogen-bond donors (Lipinski definition) is 2. The zero-order chi connectivity index (χ0) is 23.8. The van der Waals surface area contributed by atoms with Crippen LogP contribution in [0.3, 0.4) is 0 Å². The second-order valence-corrected chi connectivity index (χ2v) is 9.27. The number of rotatable bonds is 6. The number of alkyl halides is 1. The Morgan fingerprint density at radius 2 is 2.26 bits per heavy atom. The van der Waals surface area contributed by atoms with E-state index in [9.17, 15) is 13.6 Å². The molecule has 0 saturated carbocycles. The zero-order valence-electron chi connectivity index (χ0n) is 18.8. The monoisotopic (exact) mass is 489 g/mol. The maximum Gasteiger partial charge on any atom is 0.338 e. The molecule has 5 rings (SSSR count). The fraction of sp³-hybridized carbons (Fsp3) is 0.435. The van der Waals surface area contributed by atoms with Gasteiger partial charge < -0.3 is 10.1 Å². The minimum Gasteiger partial charge on any atom is -0.463 e. The van der Waals surface area contributed by atoms with Crippen LogP contribution in [0.1, 0.15) is 29.1 Å². The van der Waals surface area contributed by atoms with Crippen molar-refractivity contribution in [3.05, 3.63) is 63.0 Å². The average molecular weight is 490 g/mol. The van der Waals surface area contributed by atoms with E-state index in [2.05, 4.69) is 15.8 Å². The van der Waals surface area contributed by atoms with Crippen LogP contribution in [0, 0.1) is 12.7 Å². The number of nitrogens with one attached hydrogen (secondary N) is 2. The summed E-state index contributed by atoms with van der Waals surface area (Å²) in [6.07, 6.45) is 0.563. The number of aromatic nitrogens is 1. The van der Waals surface area contributed by atoms with Crippen molar-refractivity contribution in [1.82, 2.24) is 20.7 Å². The molecule has 0 spiro atoms. The number of carbonyl (C=O) groups excluding carboxylic acids is 1. The van der Waals surface area contributed by atoms with Gasteiger partial charge in [-0.25, -0.2) is 18.6 Å². The van der Waals surface area contributed by atoms with E-state index in [-0.39, 0.29) is 37.1 Å². The van der Waals surface area contributed by atoms with Gasteiger partial charge in [-0.3, -0.25) is 14.7 Å². The molecule has 180 valence electrons. The van der Waals surface area contributed by atoms with Gasteiger partial charge in [0, 0.05) is 30.4 Å². The Bertz CT molecular complexity index is 1140. The van der Waals surface area contributed by atoms with Gasteiger partial charge in [0.2, 0.25) is 0 Å². The number of carbonyl (C=O) groups is 1. The minimum atomic E-state index is -1.10. The highest BCUT2D eigenvalue weighted by molar-refractivity contribution is 7.11. The lowest BCUT2D eigenvalue weighted by atomic mass is 9.92. The largest absolute Gasteiger partial charge is 0.463 e. The van der Waals surface area contributed by atoms with Crippen molar-refractivity contribution in [2.24, 2.45) is 4.99 Å². The van der Waals surface area contributed by atoms with Gasteiger partial charge in [0.15, 0.2) is 10.8 Å². The SMILES string of the molecule is CCOC(=O)C1=C(CN2C[C@H](F)[C@@H]3NOC[C@@H]32)NC(c2nccs2)=N[C@H]1c1cccc(F)c1C. The number of amidine groups is 1. The Balaban J connectivity index is 1.61. The van der Waals surface area contributed by atoms with Crippen molar-refractivity contribution < 1.29 is 23.1 Å². The molecule has 3 aliphatic heterocycles. The predicted octanol–water partition coefficient (Wildman–Crippen LogP) is 2.42. The molecule has 8 nitrogen and oxygen atoms in total. The van der Waals surface area contributed by atoms with Crippen molar-refractivity contribution in [2.45, 2.75) is 38.1 Å². The summed E-state index contributed by atoms with van der Waals surface area (Å²) in [6, 6.07) is 3.32. The predicted molar refractivity (Wildman–Crippen MR) is 122 cm³/mol. The summed E-state index contributed by atoms with van der Waals surface area (Å²) in [6.45, 7) is 4.34. The van der Waals surface area contributed by atoms with Crippen molar-refractivity contribution in [3.8, 4) is 0 Å². The number of benzene rings is 1. The van der Waals surface area contributed by atoms with Gasteiger partial charge in [-0.1, -0.05) is 12.1 Å². The lowest BCUT2D eigenvalue weighted by Crippen LogP contribution is -2.43. The molecule has 0 bridgehead atoms. The lowest BCUT2D eigenvalue weighted by molar-refractivity contribution is -0.139. The highest BCUT2D eigenvalue weighted by Crippen LogP contribution is 2.36. The number of fused-ring (bicyclic) bond motifs is 1. The maximum absolute atomic E-state index is 14.6. The number of esters is 1. The third-order valence-corrected chi connectivity index (χ3v) is 7.16. The molecular formula is C23H25F2N5O3S. The van der Waals surface area contributed by atoms with E-state index in [1.165, 1.54) is 17.4 Å². The van der Waals surface area contributed by atoms with E-state index in [0.29, 0.717) is 34.3 Å². The second-order valence-electron chi connectivity index (χ2n) is 8.38. The number of hydrogen-bond acceptors (Lipinski definition) is 9. The van der Waals surface area contributed by atoms with Gasteiger partial charge in [-0.2, -0.15) is 5.48 Å². The molecule has 2 saturated heterocycles. The molecule has 4 atom stereocenters. The summed E-state index contributed by atoms with van der Waals surface area (Å²) in [4.78, 5) is 29.6. The Morgan fingerprint density at radius 1 is 1.41 bits per heavy atom. The van der Waals surface area contributed by atoms with Gasteiger partial charge in [0.25, 0.3) is 0 Å². The molecule has 2 aromatic rings. The molecule has 0 radical (unpaired) electrons. The van der Waals surface area contributed by atoms with Crippen molar-refractivity contribution >= 4 is 23.1 Å². The molecule has 2 N–H and O–H groups in total. The first kappa shape index (κ1) is 23.0. The van der Waals surface area contributed by atoms with Crippen molar-refractivity contribution in [3.63, 3.8) is 0 Å². The summed E-state index contributed by atoms with van der Waals surface area (Å²) >= 11 is 1.39. The number of likely N-dealkylation sites (tertiary alicyclic amines) is 1. The third kappa shape index (κ3) is 4.13. The Kier molecular flexibility index (Phi) is 6.43. The van der Waals surface area contributed by atoms with Crippen LogP contribution in [0.25, 0.3) is 0 Å². The van der Waals surface area contributed by atoms with E-state index in [4.69, 9.17) is 14.6 Å². The van der Waals surface area contributed by atoms with Gasteiger partial charge >= 0.3 is 5.97 Å². The van der Waals surface area contributed by atoms with Gasteiger partial charge in [0.1, 0.15) is 18.0 Å². The molecule has 0 aliphatic carbocycles. The van der Waals surface area contributed by atoms with E-state index < -0.39 is 24.2 Å². The number of halogens is 2. The Morgan fingerprint density at radius 3 is 3.03 bits per heavy atom. The zero-order valence-corrected chi connectivity index (χ0v) is 19.6. The first-order valence-electron chi connectivity index (χ1n) is 11.1. The molecule has 11 heteroatoms. The molecule has 0 unspecified atom stereocenters. The fourth-order valence-electron chi connectivity index (χ4n) is 4.68. The van der Waals surface area contributed by atoms with Gasteiger partial charge in [-0.15, -0.1) is 11.3 Å². The summed E-state index contributed by atoms with van der Waals surface area (Å²) < 4.78 is 34.5. The topological polar surface area (TPSA) is 88.1 Å². The van der Waals surface area contributed by atoms with Crippen LogP contribution in [-0.4, -0.2) is 66.2 Å². The van der Waals surface area contributed by atoms with Gasteiger partial charge in [0.05, 0.1) is 30.9 Å². The normalized spacial score (nSPS) is 26.9. The second kappa shape index (κ2) is 9.49. The standard InChI is InChI=1S/C23H25F2N5O3S/c1-3-32-23(31)18-16(10-30-9-15(25)20-17(30)11-33-29-20)27-21(22-26-7-8-34-22)28-19(18)13-5-4-6-14(24)12(13)2/h4-8,15,17,19-20,29H,3,9-11H2,1-2H3,(H,27,28)/t15-,17-,19-,20-/m0/s1. The Hall–Kier alpha value is -2.73. The lowest BCUT2D eigenvalue weighted by Gasteiger charge is -2.31. The molecule has 3 aliphatic rings. The molecule has 1 aromatic heterocycles. The van der Waals surface area contributed by atoms with Crippen LogP contribution in [0.5, 0.6) is 0 Å². The van der Waals surface area contributed by atoms with E-state index in [1.54, 1.807) is 32.2 Å². The number of nitrogens with zero attached hydrogens (tertiary/aromatic N) is 3. The smallest absolute Gasteiger partial charge is 0.338 e. The summed E-state index contributed by atoms with van der Waals surface area (Å²) in [7, 11) is 0. The molecular weight excluding hydrogens is 464 g/mol. The van der Waals surface area contributed by atoms with E-state index in [0.717, 1.165) is 0 Å². The number of thiazole rings is 1. The van der Waals surface area contributed by atoms with Gasteiger partial charge in [-0.05, 0) is 31.0 Å². The van der Waals surface area contributed by atoms with E-state index >= 15 is 0 Å². The van der Waals surface area contributed by atoms with Crippen LogP contribution in [0.4, 0.5) is 8.78 Å². The minimum absolute atomic E-state index is 0.173. The number of aliphatic imine (C=N–C) groups is 1. The highest BCUT2D eigenvalue weighted by Gasteiger charge is 2.47.